The van der Waals surface area contributed by atoms with E-state index in [0.717, 1.165) is 49.0 Å². The SMILES string of the molecule is O=C(NCCc1cc2ccccc2o1)C1CCCN(C(=O)C2CC2)C1. The number of nitrogens with zero attached hydrogens (tertiary/aromatic N) is 1. The molecule has 0 radical (unpaired) electrons. The Kier molecular flexibility index (Phi) is 4.47. The molecule has 1 aliphatic carbocycles. The number of amides is 2. The summed E-state index contributed by atoms with van der Waals surface area (Å²) in [4.78, 5) is 26.5. The highest BCUT2D eigenvalue weighted by atomic mass is 16.3. The van der Waals surface area contributed by atoms with Crippen molar-refractivity contribution in [2.75, 3.05) is 19.6 Å². The molecule has 5 heteroatoms. The second-order valence-corrected chi connectivity index (χ2v) is 7.19. The summed E-state index contributed by atoms with van der Waals surface area (Å²) in [6.45, 7) is 1.94. The summed E-state index contributed by atoms with van der Waals surface area (Å²) in [6.07, 6.45) is 4.50. The minimum atomic E-state index is -0.0767. The average molecular weight is 340 g/mol. The molecule has 2 heterocycles. The molecule has 25 heavy (non-hydrogen) atoms. The Labute approximate surface area is 147 Å². The van der Waals surface area contributed by atoms with Gasteiger partial charge in [-0.25, -0.2) is 0 Å². The van der Waals surface area contributed by atoms with Gasteiger partial charge in [-0.05, 0) is 37.8 Å². The molecule has 2 fully saturated rings. The van der Waals surface area contributed by atoms with Crippen molar-refractivity contribution in [1.29, 1.82) is 0 Å². The molecule has 4 rings (SSSR count). The number of carbonyl (C=O) groups is 2. The highest BCUT2D eigenvalue weighted by Gasteiger charge is 2.36. The molecular formula is C20H24N2O3. The van der Waals surface area contributed by atoms with Crippen molar-refractivity contribution in [2.45, 2.75) is 32.1 Å². The molecule has 1 saturated heterocycles. The van der Waals surface area contributed by atoms with E-state index in [1.807, 2.05) is 35.2 Å². The molecule has 1 N–H and O–H groups in total. The van der Waals surface area contributed by atoms with Gasteiger partial charge in [0, 0.05) is 37.4 Å². The Morgan fingerprint density at radius 1 is 1.16 bits per heavy atom. The molecule has 1 aliphatic heterocycles. The van der Waals surface area contributed by atoms with Crippen molar-refractivity contribution in [1.82, 2.24) is 10.2 Å². The van der Waals surface area contributed by atoms with Gasteiger partial charge in [0.05, 0.1) is 5.92 Å². The molecule has 1 atom stereocenters. The summed E-state index contributed by atoms with van der Waals surface area (Å²) in [6, 6.07) is 9.94. The van der Waals surface area contributed by atoms with Gasteiger partial charge in [-0.2, -0.15) is 0 Å². The van der Waals surface area contributed by atoms with Crippen LogP contribution in [0.15, 0.2) is 34.7 Å². The lowest BCUT2D eigenvalue weighted by Crippen LogP contribution is -2.46. The summed E-state index contributed by atoms with van der Waals surface area (Å²) in [5.41, 5.74) is 0.880. The van der Waals surface area contributed by atoms with E-state index in [1.54, 1.807) is 0 Å². The number of furan rings is 1. The Bertz CT molecular complexity index is 745. The maximum atomic E-state index is 12.4. The highest BCUT2D eigenvalue weighted by molar-refractivity contribution is 5.83. The molecule has 0 spiro atoms. The fraction of sp³-hybridized carbons (Fsp3) is 0.500. The maximum Gasteiger partial charge on any atom is 0.225 e. The van der Waals surface area contributed by atoms with Gasteiger partial charge in [0.2, 0.25) is 11.8 Å². The van der Waals surface area contributed by atoms with Crippen molar-refractivity contribution in [2.24, 2.45) is 11.8 Å². The number of benzene rings is 1. The van der Waals surface area contributed by atoms with Crippen LogP contribution in [-0.4, -0.2) is 36.3 Å². The third kappa shape index (κ3) is 3.70. The summed E-state index contributed by atoms with van der Waals surface area (Å²) >= 11 is 0. The molecule has 132 valence electrons. The zero-order valence-electron chi connectivity index (χ0n) is 14.4. The van der Waals surface area contributed by atoms with Crippen LogP contribution in [0.2, 0.25) is 0 Å². The molecule has 2 aliphatic rings. The van der Waals surface area contributed by atoms with Gasteiger partial charge in [-0.1, -0.05) is 18.2 Å². The van der Waals surface area contributed by atoms with Crippen molar-refractivity contribution in [3.8, 4) is 0 Å². The van der Waals surface area contributed by atoms with Crippen LogP contribution in [0, 0.1) is 11.8 Å². The van der Waals surface area contributed by atoms with E-state index in [1.165, 1.54) is 0 Å². The van der Waals surface area contributed by atoms with Crippen molar-refractivity contribution in [3.05, 3.63) is 36.1 Å². The van der Waals surface area contributed by atoms with Crippen LogP contribution in [-0.2, 0) is 16.0 Å². The first kappa shape index (κ1) is 16.2. The Balaban J connectivity index is 1.27. The van der Waals surface area contributed by atoms with E-state index in [9.17, 15) is 9.59 Å². The number of para-hydroxylation sites is 1. The Morgan fingerprint density at radius 3 is 2.80 bits per heavy atom. The van der Waals surface area contributed by atoms with E-state index in [4.69, 9.17) is 4.42 Å². The number of likely N-dealkylation sites (tertiary alicyclic amines) is 1. The summed E-state index contributed by atoms with van der Waals surface area (Å²) in [5.74, 6) is 1.35. The van der Waals surface area contributed by atoms with Crippen molar-refractivity contribution >= 4 is 22.8 Å². The lowest BCUT2D eigenvalue weighted by Gasteiger charge is -2.32. The van der Waals surface area contributed by atoms with Gasteiger partial charge in [0.15, 0.2) is 0 Å². The topological polar surface area (TPSA) is 62.6 Å². The highest BCUT2D eigenvalue weighted by Crippen LogP contribution is 2.32. The number of fused-ring (bicyclic) bond motifs is 1. The third-order valence-corrected chi connectivity index (χ3v) is 5.18. The molecule has 1 saturated carbocycles. The van der Waals surface area contributed by atoms with Gasteiger partial charge >= 0.3 is 0 Å². The second-order valence-electron chi connectivity index (χ2n) is 7.19. The van der Waals surface area contributed by atoms with E-state index in [-0.39, 0.29) is 23.7 Å². The van der Waals surface area contributed by atoms with E-state index in [2.05, 4.69) is 5.32 Å². The lowest BCUT2D eigenvalue weighted by atomic mass is 9.96. The van der Waals surface area contributed by atoms with Gasteiger partial charge in [0.1, 0.15) is 11.3 Å². The quantitative estimate of drug-likeness (QED) is 0.910. The van der Waals surface area contributed by atoms with Gasteiger partial charge in [-0.15, -0.1) is 0 Å². The molecule has 1 unspecified atom stereocenters. The second kappa shape index (κ2) is 6.90. The minimum Gasteiger partial charge on any atom is -0.461 e. The predicted molar refractivity (Wildman–Crippen MR) is 95.0 cm³/mol. The molecule has 0 bridgehead atoms. The predicted octanol–water partition coefficient (Wildman–Crippen LogP) is 2.74. The summed E-state index contributed by atoms with van der Waals surface area (Å²) in [5, 5.41) is 4.10. The van der Waals surface area contributed by atoms with Crippen LogP contribution < -0.4 is 5.32 Å². The molecule has 2 aromatic rings. The van der Waals surface area contributed by atoms with Gasteiger partial charge < -0.3 is 14.6 Å². The van der Waals surface area contributed by atoms with Crippen LogP contribution in [0.5, 0.6) is 0 Å². The first-order valence-corrected chi connectivity index (χ1v) is 9.24. The Morgan fingerprint density at radius 2 is 2.00 bits per heavy atom. The number of nitrogens with one attached hydrogen (secondary N) is 1. The molecule has 1 aromatic heterocycles. The average Bonchev–Trinajstić information content (AvgIpc) is 3.40. The first-order valence-electron chi connectivity index (χ1n) is 9.24. The zero-order chi connectivity index (χ0) is 17.2. The van der Waals surface area contributed by atoms with Crippen LogP contribution >= 0.6 is 0 Å². The normalized spacial score (nSPS) is 20.6. The van der Waals surface area contributed by atoms with Gasteiger partial charge in [-0.3, -0.25) is 9.59 Å². The molecule has 2 amide bonds. The van der Waals surface area contributed by atoms with Crippen LogP contribution in [0.1, 0.15) is 31.4 Å². The molecule has 1 aromatic carbocycles. The number of hydrogen-bond donors (Lipinski definition) is 1. The third-order valence-electron chi connectivity index (χ3n) is 5.18. The molecular weight excluding hydrogens is 316 g/mol. The fourth-order valence-electron chi connectivity index (χ4n) is 3.59. The van der Waals surface area contributed by atoms with Crippen LogP contribution in [0.4, 0.5) is 0 Å². The number of piperidine rings is 1. The lowest BCUT2D eigenvalue weighted by molar-refractivity contribution is -0.136. The summed E-state index contributed by atoms with van der Waals surface area (Å²) < 4.78 is 5.77. The van der Waals surface area contributed by atoms with E-state index >= 15 is 0 Å². The number of carbonyl (C=O) groups excluding carboxylic acids is 2. The molecule has 5 nitrogen and oxygen atoms in total. The number of rotatable bonds is 5. The van der Waals surface area contributed by atoms with E-state index in [0.29, 0.717) is 19.5 Å². The summed E-state index contributed by atoms with van der Waals surface area (Å²) in [7, 11) is 0. The van der Waals surface area contributed by atoms with Crippen molar-refractivity contribution < 1.29 is 14.0 Å². The smallest absolute Gasteiger partial charge is 0.225 e. The maximum absolute atomic E-state index is 12.4. The first-order chi connectivity index (χ1) is 12.2. The standard InChI is InChI=1S/C20H24N2O3/c23-19(16-5-3-11-22(13-16)20(24)14-7-8-14)21-10-9-17-12-15-4-1-2-6-18(15)25-17/h1-2,4,6,12,14,16H,3,5,7-11,13H2,(H,21,23). The van der Waals surface area contributed by atoms with Crippen LogP contribution in [0.3, 0.4) is 0 Å². The van der Waals surface area contributed by atoms with Crippen LogP contribution in [0.25, 0.3) is 11.0 Å². The monoisotopic (exact) mass is 340 g/mol. The van der Waals surface area contributed by atoms with Crippen molar-refractivity contribution in [3.63, 3.8) is 0 Å². The largest absolute Gasteiger partial charge is 0.461 e. The van der Waals surface area contributed by atoms with Gasteiger partial charge in [0.25, 0.3) is 0 Å². The number of hydrogen-bond acceptors (Lipinski definition) is 3. The fourth-order valence-corrected chi connectivity index (χ4v) is 3.59. The minimum absolute atomic E-state index is 0.0596. The Hall–Kier alpha value is -2.30. The van der Waals surface area contributed by atoms with E-state index < -0.39 is 0 Å². The zero-order valence-corrected chi connectivity index (χ0v) is 14.4.